The van der Waals surface area contributed by atoms with Gasteiger partial charge in [0.1, 0.15) is 5.75 Å². The van der Waals surface area contributed by atoms with Gasteiger partial charge < -0.3 is 19.7 Å². The minimum Gasteiger partial charge on any atom is -0.497 e. The minimum atomic E-state index is -0.411. The summed E-state index contributed by atoms with van der Waals surface area (Å²) in [6.07, 6.45) is 1.76. The van der Waals surface area contributed by atoms with Gasteiger partial charge in [-0.25, -0.2) is 4.98 Å². The van der Waals surface area contributed by atoms with E-state index < -0.39 is 6.10 Å². The number of amides is 1. The molecule has 0 radical (unpaired) electrons. The van der Waals surface area contributed by atoms with Crippen molar-refractivity contribution < 1.29 is 14.3 Å². The lowest BCUT2D eigenvalue weighted by atomic mass is 10.2. The molecule has 1 atom stereocenters. The van der Waals surface area contributed by atoms with E-state index in [9.17, 15) is 4.79 Å². The zero-order valence-corrected chi connectivity index (χ0v) is 13.8. The fourth-order valence-electron chi connectivity index (χ4n) is 2.66. The second-order valence-corrected chi connectivity index (χ2v) is 6.93. The van der Waals surface area contributed by atoms with Crippen molar-refractivity contribution >= 4 is 32.6 Å². The van der Waals surface area contributed by atoms with Crippen molar-refractivity contribution in [2.75, 3.05) is 31.7 Å². The molecule has 7 heteroatoms. The van der Waals surface area contributed by atoms with Crippen LogP contribution < -0.4 is 15.0 Å². The highest BCUT2D eigenvalue weighted by atomic mass is 32.1. The Labute approximate surface area is 138 Å². The number of anilines is 1. The average molecular weight is 333 g/mol. The summed E-state index contributed by atoms with van der Waals surface area (Å²) in [5.41, 5.74) is 0.926. The second kappa shape index (κ2) is 5.98. The van der Waals surface area contributed by atoms with Crippen LogP contribution in [0.15, 0.2) is 18.2 Å². The summed E-state index contributed by atoms with van der Waals surface area (Å²) in [6.45, 7) is 1.85. The van der Waals surface area contributed by atoms with E-state index in [2.05, 4.69) is 15.2 Å². The number of rotatable bonds is 4. The van der Waals surface area contributed by atoms with Crippen LogP contribution in [0.2, 0.25) is 0 Å². The normalized spacial score (nSPS) is 21.4. The number of fused-ring (bicyclic) bond motifs is 1. The zero-order chi connectivity index (χ0) is 15.8. The van der Waals surface area contributed by atoms with Crippen molar-refractivity contribution in [3.05, 3.63) is 18.2 Å². The zero-order valence-electron chi connectivity index (χ0n) is 12.9. The van der Waals surface area contributed by atoms with Crippen LogP contribution >= 0.6 is 11.3 Å². The number of benzene rings is 1. The van der Waals surface area contributed by atoms with Crippen LogP contribution in [0.4, 0.5) is 5.13 Å². The maximum atomic E-state index is 12.2. The van der Waals surface area contributed by atoms with Crippen LogP contribution in [0.5, 0.6) is 5.75 Å². The molecule has 2 fully saturated rings. The number of thiazole rings is 1. The Morgan fingerprint density at radius 1 is 1.48 bits per heavy atom. The first-order valence-corrected chi connectivity index (χ1v) is 8.66. The van der Waals surface area contributed by atoms with Gasteiger partial charge in [0.05, 0.1) is 30.5 Å². The van der Waals surface area contributed by atoms with E-state index in [-0.39, 0.29) is 5.91 Å². The first-order chi connectivity index (χ1) is 11.2. The number of hydrogen-bond acceptors (Lipinski definition) is 6. The van der Waals surface area contributed by atoms with Crippen LogP contribution in [-0.4, -0.2) is 49.8 Å². The molecule has 4 rings (SSSR count). The van der Waals surface area contributed by atoms with Crippen molar-refractivity contribution in [2.45, 2.75) is 25.0 Å². The van der Waals surface area contributed by atoms with E-state index in [1.54, 1.807) is 18.4 Å². The Morgan fingerprint density at radius 2 is 2.35 bits per heavy atom. The lowest BCUT2D eigenvalue weighted by molar-refractivity contribution is -0.133. The van der Waals surface area contributed by atoms with Gasteiger partial charge in [-0.15, -0.1) is 0 Å². The van der Waals surface area contributed by atoms with E-state index in [4.69, 9.17) is 9.47 Å². The Balaban J connectivity index is 1.51. The van der Waals surface area contributed by atoms with Gasteiger partial charge >= 0.3 is 0 Å². The number of hydrogen-bond donors (Lipinski definition) is 1. The van der Waals surface area contributed by atoms with E-state index in [1.807, 2.05) is 18.2 Å². The Bertz CT molecular complexity index is 728. The van der Waals surface area contributed by atoms with Crippen molar-refractivity contribution in [1.29, 1.82) is 0 Å². The summed E-state index contributed by atoms with van der Waals surface area (Å²) in [7, 11) is 1.65. The monoisotopic (exact) mass is 333 g/mol. The van der Waals surface area contributed by atoms with Crippen LogP contribution in [0.3, 0.4) is 0 Å². The standard InChI is InChI=1S/C16H19N3O3S/c1-21-11-4-5-14-12(8-11)18-16(23-14)19-6-7-22-13(9-19)15(20)17-10-2-3-10/h4-5,8,10,13H,2-3,6-7,9H2,1H3,(H,17,20). The molecule has 6 nitrogen and oxygen atoms in total. The number of methoxy groups -OCH3 is 1. The molecular weight excluding hydrogens is 314 g/mol. The molecule has 1 saturated carbocycles. The molecule has 1 amide bonds. The topological polar surface area (TPSA) is 63.7 Å². The highest BCUT2D eigenvalue weighted by Gasteiger charge is 2.32. The van der Waals surface area contributed by atoms with Gasteiger partial charge in [0.15, 0.2) is 11.2 Å². The van der Waals surface area contributed by atoms with E-state index in [0.29, 0.717) is 19.2 Å². The molecule has 1 aliphatic heterocycles. The molecule has 2 heterocycles. The molecule has 1 aliphatic carbocycles. The molecule has 0 bridgehead atoms. The molecule has 1 saturated heterocycles. The highest BCUT2D eigenvalue weighted by molar-refractivity contribution is 7.22. The molecule has 0 spiro atoms. The predicted octanol–water partition coefficient (Wildman–Crippen LogP) is 1.79. The van der Waals surface area contributed by atoms with E-state index in [1.165, 1.54) is 0 Å². The van der Waals surface area contributed by atoms with Crippen molar-refractivity contribution in [1.82, 2.24) is 10.3 Å². The number of nitrogens with zero attached hydrogens (tertiary/aromatic N) is 2. The number of ether oxygens (including phenoxy) is 2. The SMILES string of the molecule is COc1ccc2sc(N3CCOC(C(=O)NC4CC4)C3)nc2c1. The van der Waals surface area contributed by atoms with Crippen molar-refractivity contribution in [2.24, 2.45) is 0 Å². The third-order valence-electron chi connectivity index (χ3n) is 4.14. The maximum Gasteiger partial charge on any atom is 0.251 e. The Hall–Kier alpha value is -1.86. The lowest BCUT2D eigenvalue weighted by Gasteiger charge is -2.31. The van der Waals surface area contributed by atoms with Crippen LogP contribution in [0, 0.1) is 0 Å². The summed E-state index contributed by atoms with van der Waals surface area (Å²) in [4.78, 5) is 19.0. The molecule has 1 aromatic heterocycles. The predicted molar refractivity (Wildman–Crippen MR) is 89.3 cm³/mol. The van der Waals surface area contributed by atoms with Gasteiger partial charge in [-0.1, -0.05) is 11.3 Å². The van der Waals surface area contributed by atoms with Gasteiger partial charge in [0, 0.05) is 18.7 Å². The van der Waals surface area contributed by atoms with Crippen LogP contribution in [-0.2, 0) is 9.53 Å². The number of morpholine rings is 1. The number of carbonyl (C=O) groups is 1. The van der Waals surface area contributed by atoms with Gasteiger partial charge in [-0.05, 0) is 25.0 Å². The van der Waals surface area contributed by atoms with E-state index >= 15 is 0 Å². The molecular formula is C16H19N3O3S. The van der Waals surface area contributed by atoms with Gasteiger partial charge in [-0.2, -0.15) is 0 Å². The van der Waals surface area contributed by atoms with Crippen LogP contribution in [0.1, 0.15) is 12.8 Å². The molecule has 1 unspecified atom stereocenters. The average Bonchev–Trinajstić information content (AvgIpc) is 3.29. The van der Waals surface area contributed by atoms with Crippen LogP contribution in [0.25, 0.3) is 10.2 Å². The Kier molecular flexibility index (Phi) is 3.82. The molecule has 2 aliphatic rings. The van der Waals surface area contributed by atoms with Gasteiger partial charge in [-0.3, -0.25) is 4.79 Å². The number of carbonyl (C=O) groups excluding carboxylic acids is 1. The molecule has 2 aromatic rings. The smallest absolute Gasteiger partial charge is 0.251 e. The molecule has 23 heavy (non-hydrogen) atoms. The fourth-order valence-corrected chi connectivity index (χ4v) is 3.64. The maximum absolute atomic E-state index is 12.2. The summed E-state index contributed by atoms with van der Waals surface area (Å²) in [5.74, 6) is 0.804. The number of nitrogens with one attached hydrogen (secondary N) is 1. The first-order valence-electron chi connectivity index (χ1n) is 7.84. The summed E-state index contributed by atoms with van der Waals surface area (Å²) >= 11 is 1.63. The summed E-state index contributed by atoms with van der Waals surface area (Å²) in [6, 6.07) is 6.26. The quantitative estimate of drug-likeness (QED) is 0.924. The van der Waals surface area contributed by atoms with Crippen molar-refractivity contribution in [3.8, 4) is 5.75 Å². The third kappa shape index (κ3) is 3.11. The van der Waals surface area contributed by atoms with Gasteiger partial charge in [0.25, 0.3) is 5.91 Å². The highest BCUT2D eigenvalue weighted by Crippen LogP contribution is 2.32. The van der Waals surface area contributed by atoms with Gasteiger partial charge in [0.2, 0.25) is 0 Å². The molecule has 122 valence electrons. The summed E-state index contributed by atoms with van der Waals surface area (Å²) < 4.78 is 12.0. The minimum absolute atomic E-state index is 0.0000182. The van der Waals surface area contributed by atoms with E-state index in [0.717, 1.165) is 40.5 Å². The first kappa shape index (κ1) is 14.7. The lowest BCUT2D eigenvalue weighted by Crippen LogP contribution is -2.50. The second-order valence-electron chi connectivity index (χ2n) is 5.92. The van der Waals surface area contributed by atoms with Crippen molar-refractivity contribution in [3.63, 3.8) is 0 Å². The Morgan fingerprint density at radius 3 is 3.13 bits per heavy atom. The molecule has 1 aromatic carbocycles. The third-order valence-corrected chi connectivity index (χ3v) is 5.23. The number of aromatic nitrogens is 1. The largest absolute Gasteiger partial charge is 0.497 e. The molecule has 1 N–H and O–H groups in total. The summed E-state index contributed by atoms with van der Waals surface area (Å²) in [5, 5.41) is 3.94. The fraction of sp³-hybridized carbons (Fsp3) is 0.500.